The molecule has 0 unspecified atom stereocenters. The van der Waals surface area contributed by atoms with Gasteiger partial charge in [-0.05, 0) is 6.42 Å². The standard InChI is InChI=1S/C16H33N3O3/c1-2-3-4-5-6-7-8-9-10-11-15(20)19(12-14(17)18)13-16(21)22/h14H,2-13,17-18H2,1H3,(H,21,22). The van der Waals surface area contributed by atoms with E-state index in [1.54, 1.807) is 0 Å². The van der Waals surface area contributed by atoms with Crippen LogP contribution in [0.15, 0.2) is 0 Å². The minimum absolute atomic E-state index is 0.0859. The average molecular weight is 315 g/mol. The molecule has 130 valence electrons. The van der Waals surface area contributed by atoms with Crippen molar-refractivity contribution in [3.63, 3.8) is 0 Å². The fourth-order valence-corrected chi connectivity index (χ4v) is 2.42. The molecule has 1 amide bonds. The van der Waals surface area contributed by atoms with Crippen LogP contribution >= 0.6 is 0 Å². The van der Waals surface area contributed by atoms with Crippen molar-refractivity contribution in [2.45, 2.75) is 77.3 Å². The van der Waals surface area contributed by atoms with Gasteiger partial charge < -0.3 is 21.5 Å². The number of hydrogen-bond donors (Lipinski definition) is 3. The molecule has 6 heteroatoms. The van der Waals surface area contributed by atoms with Crippen molar-refractivity contribution in [3.8, 4) is 0 Å². The molecule has 0 fully saturated rings. The quantitative estimate of drug-likeness (QED) is 0.336. The van der Waals surface area contributed by atoms with Gasteiger partial charge in [0.2, 0.25) is 5.91 Å². The number of carbonyl (C=O) groups excluding carboxylic acids is 1. The Kier molecular flexibility index (Phi) is 12.8. The van der Waals surface area contributed by atoms with Gasteiger partial charge in [-0.15, -0.1) is 0 Å². The molecule has 0 radical (unpaired) electrons. The van der Waals surface area contributed by atoms with E-state index in [1.807, 2.05) is 0 Å². The fraction of sp³-hybridized carbons (Fsp3) is 0.875. The van der Waals surface area contributed by atoms with Gasteiger partial charge in [0.05, 0.1) is 6.17 Å². The molecule has 0 saturated carbocycles. The maximum absolute atomic E-state index is 12.0. The summed E-state index contributed by atoms with van der Waals surface area (Å²) in [6.45, 7) is 1.96. The number of amides is 1. The molecular formula is C16H33N3O3. The third-order valence-electron chi connectivity index (χ3n) is 3.60. The number of carbonyl (C=O) groups is 2. The topological polar surface area (TPSA) is 110 Å². The van der Waals surface area contributed by atoms with Crippen LogP contribution in [-0.4, -0.2) is 41.1 Å². The minimum atomic E-state index is -1.04. The first-order valence-electron chi connectivity index (χ1n) is 8.48. The maximum atomic E-state index is 12.0. The van der Waals surface area contributed by atoms with Crippen LogP contribution in [0.25, 0.3) is 0 Å². The number of nitrogens with two attached hydrogens (primary N) is 2. The van der Waals surface area contributed by atoms with E-state index in [0.717, 1.165) is 19.3 Å². The maximum Gasteiger partial charge on any atom is 0.323 e. The second-order valence-electron chi connectivity index (χ2n) is 5.91. The Bertz CT molecular complexity index is 309. The Morgan fingerprint density at radius 3 is 1.91 bits per heavy atom. The summed E-state index contributed by atoms with van der Waals surface area (Å²) in [7, 11) is 0. The van der Waals surface area contributed by atoms with Crippen molar-refractivity contribution >= 4 is 11.9 Å². The molecule has 6 nitrogen and oxygen atoms in total. The van der Waals surface area contributed by atoms with E-state index < -0.39 is 12.1 Å². The van der Waals surface area contributed by atoms with Crippen LogP contribution < -0.4 is 11.5 Å². The van der Waals surface area contributed by atoms with Crippen molar-refractivity contribution in [1.82, 2.24) is 4.90 Å². The van der Waals surface area contributed by atoms with E-state index in [1.165, 1.54) is 43.4 Å². The lowest BCUT2D eigenvalue weighted by molar-refractivity contribution is -0.144. The second kappa shape index (κ2) is 13.5. The first-order valence-corrected chi connectivity index (χ1v) is 8.48. The van der Waals surface area contributed by atoms with Gasteiger partial charge in [0.25, 0.3) is 0 Å². The summed E-state index contributed by atoms with van der Waals surface area (Å²) in [6, 6.07) is 0. The molecule has 22 heavy (non-hydrogen) atoms. The van der Waals surface area contributed by atoms with Gasteiger partial charge in [0.15, 0.2) is 0 Å². The molecule has 0 rings (SSSR count). The highest BCUT2D eigenvalue weighted by atomic mass is 16.4. The molecule has 0 saturated heterocycles. The van der Waals surface area contributed by atoms with Crippen LogP contribution in [-0.2, 0) is 9.59 Å². The van der Waals surface area contributed by atoms with Crippen molar-refractivity contribution in [1.29, 1.82) is 0 Å². The highest BCUT2D eigenvalue weighted by Gasteiger charge is 2.17. The van der Waals surface area contributed by atoms with E-state index >= 15 is 0 Å². The number of unbranched alkanes of at least 4 members (excludes halogenated alkanes) is 8. The van der Waals surface area contributed by atoms with Crippen molar-refractivity contribution < 1.29 is 14.7 Å². The van der Waals surface area contributed by atoms with Crippen LogP contribution in [0.2, 0.25) is 0 Å². The molecule has 0 atom stereocenters. The Hall–Kier alpha value is -1.14. The molecule has 0 aromatic carbocycles. The molecule has 0 aliphatic heterocycles. The fourth-order valence-electron chi connectivity index (χ4n) is 2.42. The summed E-state index contributed by atoms with van der Waals surface area (Å²) in [5.41, 5.74) is 10.9. The van der Waals surface area contributed by atoms with Gasteiger partial charge in [-0.1, -0.05) is 58.3 Å². The van der Waals surface area contributed by atoms with Gasteiger partial charge >= 0.3 is 5.97 Å². The predicted octanol–water partition coefficient (Wildman–Crippen LogP) is 2.06. The molecule has 0 heterocycles. The van der Waals surface area contributed by atoms with Crippen molar-refractivity contribution in [2.24, 2.45) is 11.5 Å². The minimum Gasteiger partial charge on any atom is -0.480 e. The monoisotopic (exact) mass is 315 g/mol. The summed E-state index contributed by atoms with van der Waals surface area (Å²) >= 11 is 0. The normalized spacial score (nSPS) is 10.9. The first kappa shape index (κ1) is 20.9. The highest BCUT2D eigenvalue weighted by Crippen LogP contribution is 2.11. The zero-order valence-corrected chi connectivity index (χ0v) is 13.9. The van der Waals surface area contributed by atoms with Crippen LogP contribution in [0, 0.1) is 0 Å². The van der Waals surface area contributed by atoms with E-state index in [-0.39, 0.29) is 19.0 Å². The van der Waals surface area contributed by atoms with Crippen LogP contribution in [0.5, 0.6) is 0 Å². The van der Waals surface area contributed by atoms with Gasteiger partial charge in [-0.3, -0.25) is 9.59 Å². The summed E-state index contributed by atoms with van der Waals surface area (Å²) in [6.07, 6.45) is 10.3. The molecule has 0 aliphatic rings. The molecule has 0 aromatic heterocycles. The van der Waals surface area contributed by atoms with Gasteiger partial charge in [0, 0.05) is 13.0 Å². The zero-order chi connectivity index (χ0) is 16.8. The Morgan fingerprint density at radius 2 is 1.45 bits per heavy atom. The number of aliphatic carboxylic acids is 1. The zero-order valence-electron chi connectivity index (χ0n) is 13.9. The molecule has 0 bridgehead atoms. The summed E-state index contributed by atoms with van der Waals surface area (Å²) in [5, 5.41) is 8.80. The number of nitrogens with zero attached hydrogens (tertiary/aromatic N) is 1. The molecule has 0 aromatic rings. The largest absolute Gasteiger partial charge is 0.480 e. The van der Waals surface area contributed by atoms with Crippen LogP contribution in [0.3, 0.4) is 0 Å². The number of rotatable bonds is 14. The third-order valence-corrected chi connectivity index (χ3v) is 3.60. The Balaban J connectivity index is 3.73. The Labute approximate surface area is 134 Å². The lowest BCUT2D eigenvalue weighted by Crippen LogP contribution is -2.47. The second-order valence-corrected chi connectivity index (χ2v) is 5.91. The van der Waals surface area contributed by atoms with Gasteiger partial charge in [-0.2, -0.15) is 0 Å². The number of carboxylic acid groups (broad SMARTS) is 1. The van der Waals surface area contributed by atoms with Gasteiger partial charge in [-0.25, -0.2) is 0 Å². The summed E-state index contributed by atoms with van der Waals surface area (Å²) in [4.78, 5) is 24.0. The predicted molar refractivity (Wildman–Crippen MR) is 88.2 cm³/mol. The lowest BCUT2D eigenvalue weighted by atomic mass is 10.1. The molecule has 0 aliphatic carbocycles. The van der Waals surface area contributed by atoms with Gasteiger partial charge in [0.1, 0.15) is 6.54 Å². The van der Waals surface area contributed by atoms with E-state index in [9.17, 15) is 9.59 Å². The molecular weight excluding hydrogens is 282 g/mol. The third kappa shape index (κ3) is 12.6. The van der Waals surface area contributed by atoms with Crippen molar-refractivity contribution in [3.05, 3.63) is 0 Å². The highest BCUT2D eigenvalue weighted by molar-refractivity contribution is 5.81. The average Bonchev–Trinajstić information content (AvgIpc) is 2.43. The molecule has 5 N–H and O–H groups in total. The number of hydrogen-bond acceptors (Lipinski definition) is 4. The summed E-state index contributed by atoms with van der Waals surface area (Å²) in [5.74, 6) is -1.22. The van der Waals surface area contributed by atoms with Crippen LogP contribution in [0.1, 0.15) is 71.1 Å². The van der Waals surface area contributed by atoms with E-state index in [4.69, 9.17) is 16.6 Å². The van der Waals surface area contributed by atoms with Crippen LogP contribution in [0.4, 0.5) is 0 Å². The first-order chi connectivity index (χ1) is 10.5. The van der Waals surface area contributed by atoms with Crippen molar-refractivity contribution in [2.75, 3.05) is 13.1 Å². The van der Waals surface area contributed by atoms with E-state index in [0.29, 0.717) is 6.42 Å². The smallest absolute Gasteiger partial charge is 0.323 e. The summed E-state index contributed by atoms with van der Waals surface area (Å²) < 4.78 is 0. The van der Waals surface area contributed by atoms with E-state index in [2.05, 4.69) is 6.92 Å². The lowest BCUT2D eigenvalue weighted by Gasteiger charge is -2.22. The number of carboxylic acids is 1. The SMILES string of the molecule is CCCCCCCCCCCC(=O)N(CC(=O)O)CC(N)N. The molecule has 0 spiro atoms. The Morgan fingerprint density at radius 1 is 0.955 bits per heavy atom.